The van der Waals surface area contributed by atoms with E-state index >= 15 is 0 Å². The summed E-state index contributed by atoms with van der Waals surface area (Å²) in [5.74, 6) is -2.34. The van der Waals surface area contributed by atoms with Gasteiger partial charge in [-0.3, -0.25) is 4.79 Å². The zero-order valence-corrected chi connectivity index (χ0v) is 19.2. The van der Waals surface area contributed by atoms with Gasteiger partial charge in [-0.25, -0.2) is 9.59 Å². The van der Waals surface area contributed by atoms with Crippen molar-refractivity contribution in [1.82, 2.24) is 5.32 Å². The second kappa shape index (κ2) is 10.3. The molecule has 0 radical (unpaired) electrons. The van der Waals surface area contributed by atoms with Crippen molar-refractivity contribution in [1.29, 1.82) is 0 Å². The molecule has 1 aliphatic rings. The number of fused-ring (bicyclic) bond motifs is 3. The van der Waals surface area contributed by atoms with Gasteiger partial charge >= 0.3 is 12.1 Å². The van der Waals surface area contributed by atoms with E-state index in [0.29, 0.717) is 12.8 Å². The topological polar surface area (TPSA) is 125 Å². The Morgan fingerprint density at radius 1 is 0.971 bits per heavy atom. The van der Waals surface area contributed by atoms with Gasteiger partial charge in [0.25, 0.3) is 0 Å². The van der Waals surface area contributed by atoms with Crippen molar-refractivity contribution in [3.63, 3.8) is 0 Å². The molecule has 35 heavy (non-hydrogen) atoms. The first-order valence-corrected chi connectivity index (χ1v) is 11.4. The highest BCUT2D eigenvalue weighted by Crippen LogP contribution is 2.44. The fourth-order valence-electron chi connectivity index (χ4n) is 4.36. The Labute approximate surface area is 202 Å². The van der Waals surface area contributed by atoms with E-state index in [1.54, 1.807) is 0 Å². The van der Waals surface area contributed by atoms with Crippen LogP contribution < -0.4 is 10.6 Å². The summed E-state index contributed by atoms with van der Waals surface area (Å²) in [4.78, 5) is 36.5. The molecule has 0 unspecified atom stereocenters. The van der Waals surface area contributed by atoms with Crippen LogP contribution in [0.5, 0.6) is 5.75 Å². The fourth-order valence-corrected chi connectivity index (χ4v) is 4.36. The number of anilines is 1. The summed E-state index contributed by atoms with van der Waals surface area (Å²) in [5, 5.41) is 24.1. The summed E-state index contributed by atoms with van der Waals surface area (Å²) in [7, 11) is 0. The van der Waals surface area contributed by atoms with Gasteiger partial charge in [0.1, 0.15) is 24.0 Å². The van der Waals surface area contributed by atoms with Gasteiger partial charge in [0.2, 0.25) is 5.91 Å². The van der Waals surface area contributed by atoms with Crippen LogP contribution in [-0.2, 0) is 9.53 Å². The highest BCUT2D eigenvalue weighted by Gasteiger charge is 2.29. The van der Waals surface area contributed by atoms with Crippen LogP contribution in [0.2, 0.25) is 0 Å². The Balaban J connectivity index is 1.40. The monoisotopic (exact) mass is 474 g/mol. The normalized spacial score (nSPS) is 12.8. The first-order chi connectivity index (χ1) is 16.9. The van der Waals surface area contributed by atoms with Gasteiger partial charge < -0.3 is 25.6 Å². The maximum absolute atomic E-state index is 12.8. The predicted octanol–water partition coefficient (Wildman–Crippen LogP) is 4.74. The van der Waals surface area contributed by atoms with Crippen molar-refractivity contribution in [3.8, 4) is 16.9 Å². The van der Waals surface area contributed by atoms with Crippen molar-refractivity contribution in [2.75, 3.05) is 11.9 Å². The number of rotatable bonds is 8. The quantitative estimate of drug-likeness (QED) is 0.374. The molecule has 8 heteroatoms. The molecule has 0 bridgehead atoms. The lowest BCUT2D eigenvalue weighted by molar-refractivity contribution is -0.118. The Morgan fingerprint density at radius 2 is 1.60 bits per heavy atom. The lowest BCUT2D eigenvalue weighted by Crippen LogP contribution is -2.44. The van der Waals surface area contributed by atoms with E-state index < -0.39 is 29.8 Å². The summed E-state index contributed by atoms with van der Waals surface area (Å²) in [6.07, 6.45) is 0.296. The molecule has 0 spiro atoms. The Morgan fingerprint density at radius 3 is 2.17 bits per heavy atom. The van der Waals surface area contributed by atoms with Gasteiger partial charge in [0.05, 0.1) is 0 Å². The number of carboxylic acid groups (broad SMARTS) is 1. The van der Waals surface area contributed by atoms with E-state index in [1.165, 1.54) is 12.1 Å². The largest absolute Gasteiger partial charge is 0.507 e. The maximum atomic E-state index is 12.8. The van der Waals surface area contributed by atoms with Crippen LogP contribution in [0, 0.1) is 0 Å². The van der Waals surface area contributed by atoms with Gasteiger partial charge in [0.15, 0.2) is 0 Å². The van der Waals surface area contributed by atoms with E-state index in [4.69, 9.17) is 9.84 Å². The zero-order chi connectivity index (χ0) is 24.9. The molecule has 4 rings (SSSR count). The smallest absolute Gasteiger partial charge is 0.407 e. The molecular formula is C27H26N2O6. The summed E-state index contributed by atoms with van der Waals surface area (Å²) in [5.41, 5.74) is 4.37. The minimum Gasteiger partial charge on any atom is -0.507 e. The number of hydrogen-bond donors (Lipinski definition) is 4. The minimum atomic E-state index is -1.28. The number of carbonyl (C=O) groups excluding carboxylic acids is 2. The number of alkyl carbamates (subject to hydrolysis) is 1. The number of carbonyl (C=O) groups is 3. The van der Waals surface area contributed by atoms with E-state index in [2.05, 4.69) is 22.8 Å². The summed E-state index contributed by atoms with van der Waals surface area (Å²) >= 11 is 0. The number of phenols is 1. The third-order valence-electron chi connectivity index (χ3n) is 6.03. The zero-order valence-electron chi connectivity index (χ0n) is 19.2. The number of hydrogen-bond acceptors (Lipinski definition) is 5. The average molecular weight is 475 g/mol. The SMILES string of the molecule is CCC[C@H](NC(=O)OCC1c2ccccc2-c2ccccc21)C(=O)Nc1ccc(C(=O)O)c(O)c1. The summed E-state index contributed by atoms with van der Waals surface area (Å²) in [6.45, 7) is 2.01. The summed E-state index contributed by atoms with van der Waals surface area (Å²) < 4.78 is 5.54. The van der Waals surface area contributed by atoms with E-state index in [9.17, 15) is 19.5 Å². The number of amides is 2. The molecule has 0 aliphatic heterocycles. The molecule has 0 saturated heterocycles. The van der Waals surface area contributed by atoms with Crippen molar-refractivity contribution < 1.29 is 29.3 Å². The lowest BCUT2D eigenvalue weighted by Gasteiger charge is -2.19. The first-order valence-electron chi connectivity index (χ1n) is 11.4. The van der Waals surface area contributed by atoms with Crippen LogP contribution in [-0.4, -0.2) is 40.8 Å². The van der Waals surface area contributed by atoms with Crippen LogP contribution in [0.1, 0.15) is 47.2 Å². The van der Waals surface area contributed by atoms with Crippen LogP contribution in [0.3, 0.4) is 0 Å². The predicted molar refractivity (Wildman–Crippen MR) is 131 cm³/mol. The molecule has 4 N–H and O–H groups in total. The second-order valence-corrected chi connectivity index (χ2v) is 8.34. The molecule has 180 valence electrons. The lowest BCUT2D eigenvalue weighted by atomic mass is 9.98. The molecule has 8 nitrogen and oxygen atoms in total. The first kappa shape index (κ1) is 23.8. The number of benzene rings is 3. The van der Waals surface area contributed by atoms with Gasteiger partial charge in [-0.1, -0.05) is 61.9 Å². The number of aromatic carboxylic acids is 1. The molecule has 0 aromatic heterocycles. The number of aromatic hydroxyl groups is 1. The average Bonchev–Trinajstić information content (AvgIpc) is 3.16. The standard InChI is InChI=1S/C27H26N2O6/c1-2-7-23(25(31)28-16-12-13-21(26(32)33)24(30)14-16)29-27(34)35-15-22-19-10-5-3-8-17(19)18-9-4-6-11-20(18)22/h3-6,8-14,22-23,30H,2,7,15H2,1H3,(H,28,31)(H,29,34)(H,32,33)/t23-/m0/s1. The van der Waals surface area contributed by atoms with E-state index in [-0.39, 0.29) is 23.8 Å². The number of nitrogens with one attached hydrogen (secondary N) is 2. The molecule has 3 aromatic rings. The van der Waals surface area contributed by atoms with Gasteiger partial charge in [-0.05, 0) is 40.8 Å². The molecule has 0 saturated carbocycles. The maximum Gasteiger partial charge on any atom is 0.407 e. The fraction of sp³-hybridized carbons (Fsp3) is 0.222. The highest BCUT2D eigenvalue weighted by molar-refractivity contribution is 5.98. The van der Waals surface area contributed by atoms with Crippen LogP contribution in [0.4, 0.5) is 10.5 Å². The van der Waals surface area contributed by atoms with E-state index in [0.717, 1.165) is 28.3 Å². The number of carboxylic acids is 1. The van der Waals surface area contributed by atoms with Gasteiger partial charge in [-0.15, -0.1) is 0 Å². The molecule has 1 atom stereocenters. The molecule has 2 amide bonds. The second-order valence-electron chi connectivity index (χ2n) is 8.34. The third kappa shape index (κ3) is 5.11. The Hall–Kier alpha value is -4.33. The van der Waals surface area contributed by atoms with Crippen molar-refractivity contribution in [2.45, 2.75) is 31.7 Å². The highest BCUT2D eigenvalue weighted by atomic mass is 16.5. The third-order valence-corrected chi connectivity index (χ3v) is 6.03. The van der Waals surface area contributed by atoms with Crippen LogP contribution in [0.15, 0.2) is 66.7 Å². The van der Waals surface area contributed by atoms with Gasteiger partial charge in [0, 0.05) is 17.7 Å². The molecule has 3 aromatic carbocycles. The molecular weight excluding hydrogens is 448 g/mol. The van der Waals surface area contributed by atoms with Crippen molar-refractivity contribution in [2.24, 2.45) is 0 Å². The van der Waals surface area contributed by atoms with Crippen molar-refractivity contribution >= 4 is 23.7 Å². The molecule has 0 heterocycles. The van der Waals surface area contributed by atoms with Crippen LogP contribution >= 0.6 is 0 Å². The van der Waals surface area contributed by atoms with Crippen molar-refractivity contribution in [3.05, 3.63) is 83.4 Å². The minimum absolute atomic E-state index is 0.0951. The number of ether oxygens (including phenoxy) is 1. The summed E-state index contributed by atoms with van der Waals surface area (Å²) in [6, 6.07) is 18.9. The molecule has 1 aliphatic carbocycles. The van der Waals surface area contributed by atoms with Gasteiger partial charge in [-0.2, -0.15) is 0 Å². The van der Waals surface area contributed by atoms with Crippen LogP contribution in [0.25, 0.3) is 11.1 Å². The van der Waals surface area contributed by atoms with E-state index in [1.807, 2.05) is 43.3 Å². The Bertz CT molecular complexity index is 1230. The molecule has 0 fully saturated rings. The Kier molecular flexibility index (Phi) is 7.01.